The molecule has 0 saturated heterocycles. The Balaban J connectivity index is 2.64. The molecule has 1 aromatic carbocycles. The van der Waals surface area contributed by atoms with E-state index in [-0.39, 0.29) is 5.56 Å². The van der Waals surface area contributed by atoms with Crippen LogP contribution in [0.1, 0.15) is 25.3 Å². The summed E-state index contributed by atoms with van der Waals surface area (Å²) in [6, 6.07) is 5.88. The van der Waals surface area contributed by atoms with Gasteiger partial charge in [0.15, 0.2) is 0 Å². The van der Waals surface area contributed by atoms with E-state index in [0.29, 0.717) is 18.7 Å². The lowest BCUT2D eigenvalue weighted by atomic mass is 10.1. The molecule has 86 valence electrons. The number of aliphatic hydroxyl groups is 1. The highest BCUT2D eigenvalue weighted by molar-refractivity contribution is 5.57. The van der Waals surface area contributed by atoms with Gasteiger partial charge < -0.3 is 10.4 Å². The van der Waals surface area contributed by atoms with Gasteiger partial charge in [0.2, 0.25) is 0 Å². The zero-order valence-corrected chi connectivity index (χ0v) is 9.20. The SMILES string of the molecule is CCC[C@H](O)CNc1ccc(F)cc1C#N. The lowest BCUT2D eigenvalue weighted by Crippen LogP contribution is -2.19. The summed E-state index contributed by atoms with van der Waals surface area (Å²) in [6.45, 7) is 2.36. The summed E-state index contributed by atoms with van der Waals surface area (Å²) in [7, 11) is 0. The molecule has 0 radical (unpaired) electrons. The number of nitrogens with one attached hydrogen (secondary N) is 1. The quantitative estimate of drug-likeness (QED) is 0.803. The highest BCUT2D eigenvalue weighted by Crippen LogP contribution is 2.16. The van der Waals surface area contributed by atoms with E-state index >= 15 is 0 Å². The number of rotatable bonds is 5. The minimum Gasteiger partial charge on any atom is -0.391 e. The predicted molar refractivity (Wildman–Crippen MR) is 60.5 cm³/mol. The first-order valence-electron chi connectivity index (χ1n) is 5.29. The van der Waals surface area contributed by atoms with E-state index in [1.54, 1.807) is 0 Å². The van der Waals surface area contributed by atoms with Gasteiger partial charge in [-0.1, -0.05) is 13.3 Å². The maximum atomic E-state index is 12.8. The summed E-state index contributed by atoms with van der Waals surface area (Å²) in [5, 5.41) is 21.2. The first kappa shape index (κ1) is 12.5. The van der Waals surface area contributed by atoms with Crippen molar-refractivity contribution in [3.63, 3.8) is 0 Å². The largest absolute Gasteiger partial charge is 0.391 e. The summed E-state index contributed by atoms with van der Waals surface area (Å²) < 4.78 is 12.8. The number of halogens is 1. The fourth-order valence-corrected chi connectivity index (χ4v) is 1.43. The van der Waals surface area contributed by atoms with Gasteiger partial charge in [0, 0.05) is 6.54 Å². The average molecular weight is 222 g/mol. The lowest BCUT2D eigenvalue weighted by molar-refractivity contribution is 0.176. The molecule has 0 fully saturated rings. The van der Waals surface area contributed by atoms with Gasteiger partial charge in [0.05, 0.1) is 17.4 Å². The zero-order chi connectivity index (χ0) is 12.0. The molecule has 1 aromatic rings. The molecule has 3 nitrogen and oxygen atoms in total. The predicted octanol–water partition coefficient (Wildman–Crippen LogP) is 2.27. The van der Waals surface area contributed by atoms with Crippen LogP contribution < -0.4 is 5.32 Å². The van der Waals surface area contributed by atoms with Crippen LogP contribution in [0.2, 0.25) is 0 Å². The second-order valence-corrected chi connectivity index (χ2v) is 3.63. The molecule has 0 saturated carbocycles. The maximum Gasteiger partial charge on any atom is 0.124 e. The molecule has 0 spiro atoms. The third-order valence-corrected chi connectivity index (χ3v) is 2.25. The Morgan fingerprint density at radius 2 is 2.31 bits per heavy atom. The molecule has 0 aliphatic heterocycles. The second-order valence-electron chi connectivity index (χ2n) is 3.63. The smallest absolute Gasteiger partial charge is 0.124 e. The van der Waals surface area contributed by atoms with Crippen LogP contribution in [0.4, 0.5) is 10.1 Å². The van der Waals surface area contributed by atoms with Gasteiger partial charge in [0.1, 0.15) is 11.9 Å². The molecule has 4 heteroatoms. The summed E-state index contributed by atoms with van der Waals surface area (Å²) in [5.41, 5.74) is 0.808. The molecular weight excluding hydrogens is 207 g/mol. The van der Waals surface area contributed by atoms with E-state index in [1.165, 1.54) is 18.2 Å². The Morgan fingerprint density at radius 3 is 2.94 bits per heavy atom. The third-order valence-electron chi connectivity index (χ3n) is 2.25. The van der Waals surface area contributed by atoms with Crippen molar-refractivity contribution in [3.8, 4) is 6.07 Å². The van der Waals surface area contributed by atoms with Crippen LogP contribution in [0.3, 0.4) is 0 Å². The highest BCUT2D eigenvalue weighted by atomic mass is 19.1. The molecular formula is C12H15FN2O. The number of hydrogen-bond donors (Lipinski definition) is 2. The monoisotopic (exact) mass is 222 g/mol. The van der Waals surface area contributed by atoms with Crippen LogP contribution in [-0.4, -0.2) is 17.8 Å². The van der Waals surface area contributed by atoms with Crippen molar-refractivity contribution in [2.45, 2.75) is 25.9 Å². The number of aliphatic hydroxyl groups excluding tert-OH is 1. The molecule has 0 amide bonds. The van der Waals surface area contributed by atoms with Gasteiger partial charge in [-0.3, -0.25) is 0 Å². The number of nitriles is 1. The van der Waals surface area contributed by atoms with Crippen LogP contribution in [0, 0.1) is 17.1 Å². The van der Waals surface area contributed by atoms with E-state index in [1.807, 2.05) is 13.0 Å². The molecule has 0 bridgehead atoms. The van der Waals surface area contributed by atoms with Crippen LogP contribution >= 0.6 is 0 Å². The van der Waals surface area contributed by atoms with Gasteiger partial charge in [-0.05, 0) is 24.6 Å². The Hall–Kier alpha value is -1.60. The van der Waals surface area contributed by atoms with Crippen LogP contribution in [0.5, 0.6) is 0 Å². The van der Waals surface area contributed by atoms with Gasteiger partial charge in [-0.2, -0.15) is 5.26 Å². The third kappa shape index (κ3) is 3.52. The van der Waals surface area contributed by atoms with E-state index < -0.39 is 11.9 Å². The zero-order valence-electron chi connectivity index (χ0n) is 9.20. The summed E-state index contributed by atoms with van der Waals surface area (Å²) in [4.78, 5) is 0. The molecule has 2 N–H and O–H groups in total. The van der Waals surface area contributed by atoms with Gasteiger partial charge >= 0.3 is 0 Å². The lowest BCUT2D eigenvalue weighted by Gasteiger charge is -2.12. The van der Waals surface area contributed by atoms with Crippen molar-refractivity contribution in [2.75, 3.05) is 11.9 Å². The molecule has 0 aromatic heterocycles. The number of nitrogens with zero attached hydrogens (tertiary/aromatic N) is 1. The standard InChI is InChI=1S/C12H15FN2O/c1-2-3-11(16)8-15-12-5-4-10(13)6-9(12)7-14/h4-6,11,15-16H,2-3,8H2,1H3/t11-/m0/s1. The molecule has 0 aliphatic rings. The first-order valence-corrected chi connectivity index (χ1v) is 5.29. The van der Waals surface area contributed by atoms with Crippen molar-refractivity contribution in [1.82, 2.24) is 0 Å². The Bertz CT molecular complexity index is 387. The number of benzene rings is 1. The topological polar surface area (TPSA) is 56.0 Å². The van der Waals surface area contributed by atoms with E-state index in [4.69, 9.17) is 5.26 Å². The second kappa shape index (κ2) is 6.09. The molecule has 0 heterocycles. The summed E-state index contributed by atoms with van der Waals surface area (Å²) in [6.07, 6.45) is 1.16. The van der Waals surface area contributed by atoms with Crippen molar-refractivity contribution in [3.05, 3.63) is 29.6 Å². The van der Waals surface area contributed by atoms with E-state index in [2.05, 4.69) is 5.32 Å². The average Bonchev–Trinajstić information content (AvgIpc) is 2.27. The highest BCUT2D eigenvalue weighted by Gasteiger charge is 2.06. The van der Waals surface area contributed by atoms with E-state index in [9.17, 15) is 9.50 Å². The van der Waals surface area contributed by atoms with Crippen molar-refractivity contribution in [2.24, 2.45) is 0 Å². The van der Waals surface area contributed by atoms with Gasteiger partial charge in [-0.15, -0.1) is 0 Å². The Morgan fingerprint density at radius 1 is 1.56 bits per heavy atom. The Labute approximate surface area is 94.5 Å². The van der Waals surface area contributed by atoms with Crippen LogP contribution in [0.15, 0.2) is 18.2 Å². The van der Waals surface area contributed by atoms with Crippen molar-refractivity contribution in [1.29, 1.82) is 5.26 Å². The molecule has 1 atom stereocenters. The number of hydrogen-bond acceptors (Lipinski definition) is 3. The minimum absolute atomic E-state index is 0.253. The van der Waals surface area contributed by atoms with Gasteiger partial charge in [-0.25, -0.2) is 4.39 Å². The first-order chi connectivity index (χ1) is 7.67. The van der Waals surface area contributed by atoms with Crippen molar-refractivity contribution >= 4 is 5.69 Å². The van der Waals surface area contributed by atoms with E-state index in [0.717, 1.165) is 6.42 Å². The molecule has 0 unspecified atom stereocenters. The summed E-state index contributed by atoms with van der Waals surface area (Å²) in [5.74, 6) is -0.434. The molecule has 0 aliphatic carbocycles. The molecule has 1 rings (SSSR count). The Kier molecular flexibility index (Phi) is 4.74. The van der Waals surface area contributed by atoms with Gasteiger partial charge in [0.25, 0.3) is 0 Å². The van der Waals surface area contributed by atoms with Crippen molar-refractivity contribution < 1.29 is 9.50 Å². The number of anilines is 1. The minimum atomic E-state index is -0.443. The fraction of sp³-hybridized carbons (Fsp3) is 0.417. The normalized spacial score (nSPS) is 11.9. The fourth-order valence-electron chi connectivity index (χ4n) is 1.43. The summed E-state index contributed by atoms with van der Waals surface area (Å²) >= 11 is 0. The van der Waals surface area contributed by atoms with Crippen LogP contribution in [-0.2, 0) is 0 Å². The van der Waals surface area contributed by atoms with Crippen LogP contribution in [0.25, 0.3) is 0 Å². The molecule has 16 heavy (non-hydrogen) atoms. The maximum absolute atomic E-state index is 12.8.